The van der Waals surface area contributed by atoms with Crippen LogP contribution < -0.4 is 0 Å². The van der Waals surface area contributed by atoms with Crippen LogP contribution in [0.5, 0.6) is 0 Å². The summed E-state index contributed by atoms with van der Waals surface area (Å²) in [6.45, 7) is 6.35. The van der Waals surface area contributed by atoms with E-state index in [1.54, 1.807) is 0 Å². The van der Waals surface area contributed by atoms with Crippen molar-refractivity contribution < 1.29 is 13.9 Å². The minimum absolute atomic E-state index is 0.182. The molecule has 2 aliphatic rings. The second-order valence-electron chi connectivity index (χ2n) is 6.70. The highest BCUT2D eigenvalue weighted by molar-refractivity contribution is 5.07. The van der Waals surface area contributed by atoms with Crippen LogP contribution >= 0.6 is 0 Å². The van der Waals surface area contributed by atoms with Gasteiger partial charge in [-0.15, -0.1) is 0 Å². The normalized spacial score (nSPS) is 29.2. The first-order valence-corrected chi connectivity index (χ1v) is 8.31. The summed E-state index contributed by atoms with van der Waals surface area (Å²) in [6.07, 6.45) is 2.73. The van der Waals surface area contributed by atoms with E-state index in [0.29, 0.717) is 6.04 Å². The number of furan rings is 1. The van der Waals surface area contributed by atoms with Gasteiger partial charge in [-0.05, 0) is 46.0 Å². The number of hydrogen-bond donors (Lipinski definition) is 0. The maximum absolute atomic E-state index is 6.12. The van der Waals surface area contributed by atoms with Gasteiger partial charge in [-0.1, -0.05) is 0 Å². The first-order valence-electron chi connectivity index (χ1n) is 8.31. The lowest BCUT2D eigenvalue weighted by molar-refractivity contribution is -0.0788. The van der Waals surface area contributed by atoms with Crippen molar-refractivity contribution >= 4 is 0 Å². The molecule has 2 saturated heterocycles. The summed E-state index contributed by atoms with van der Waals surface area (Å²) in [6, 6.07) is 4.57. The minimum Gasteiger partial charge on any atom is -0.465 e. The lowest BCUT2D eigenvalue weighted by Gasteiger charge is -2.32. The Bertz CT molecular complexity index is 474. The van der Waals surface area contributed by atoms with Gasteiger partial charge < -0.3 is 18.8 Å². The Balaban J connectivity index is 1.61. The molecule has 5 nitrogen and oxygen atoms in total. The van der Waals surface area contributed by atoms with E-state index in [4.69, 9.17) is 13.9 Å². The second-order valence-corrected chi connectivity index (χ2v) is 6.70. The molecule has 22 heavy (non-hydrogen) atoms. The first kappa shape index (κ1) is 16.0. The Morgan fingerprint density at radius 3 is 2.95 bits per heavy atom. The van der Waals surface area contributed by atoms with Crippen LogP contribution in [0.3, 0.4) is 0 Å². The lowest BCUT2D eigenvalue weighted by atomic mass is 10.0. The SMILES string of the molecule is Cc1ccc(CN2C[C@@H](OCCN(C)C)[C@@H]3OCCC[C@@H]32)o1. The van der Waals surface area contributed by atoms with Crippen molar-refractivity contribution in [3.8, 4) is 0 Å². The van der Waals surface area contributed by atoms with E-state index in [9.17, 15) is 0 Å². The van der Waals surface area contributed by atoms with Gasteiger partial charge in [-0.25, -0.2) is 0 Å². The van der Waals surface area contributed by atoms with E-state index in [1.807, 2.05) is 13.0 Å². The second kappa shape index (κ2) is 7.13. The van der Waals surface area contributed by atoms with Crippen molar-refractivity contribution in [1.82, 2.24) is 9.80 Å². The molecule has 3 heterocycles. The zero-order valence-electron chi connectivity index (χ0n) is 14.0. The van der Waals surface area contributed by atoms with E-state index < -0.39 is 0 Å². The molecule has 0 amide bonds. The molecular formula is C17H28N2O3. The third-order valence-electron chi connectivity index (χ3n) is 4.61. The molecule has 0 N–H and O–H groups in total. The quantitative estimate of drug-likeness (QED) is 0.802. The third kappa shape index (κ3) is 3.71. The van der Waals surface area contributed by atoms with Crippen molar-refractivity contribution in [2.24, 2.45) is 0 Å². The number of nitrogens with zero attached hydrogens (tertiary/aromatic N) is 2. The maximum atomic E-state index is 6.12. The fourth-order valence-corrected chi connectivity index (χ4v) is 3.49. The fraction of sp³-hybridized carbons (Fsp3) is 0.765. The Kier molecular flexibility index (Phi) is 5.18. The van der Waals surface area contributed by atoms with Gasteiger partial charge in [0.15, 0.2) is 0 Å². The number of fused-ring (bicyclic) bond motifs is 1. The fourth-order valence-electron chi connectivity index (χ4n) is 3.49. The topological polar surface area (TPSA) is 38.1 Å². The van der Waals surface area contributed by atoms with Crippen LogP contribution in [0.15, 0.2) is 16.5 Å². The average molecular weight is 308 g/mol. The Labute approximate surface area is 133 Å². The summed E-state index contributed by atoms with van der Waals surface area (Å²) in [5.41, 5.74) is 0. The van der Waals surface area contributed by atoms with Gasteiger partial charge in [0.1, 0.15) is 17.6 Å². The van der Waals surface area contributed by atoms with E-state index in [2.05, 4.69) is 30.0 Å². The highest BCUT2D eigenvalue weighted by Gasteiger charge is 2.44. The van der Waals surface area contributed by atoms with Gasteiger partial charge in [-0.2, -0.15) is 0 Å². The molecule has 0 aliphatic carbocycles. The van der Waals surface area contributed by atoms with E-state index in [0.717, 1.165) is 50.8 Å². The Morgan fingerprint density at radius 2 is 2.23 bits per heavy atom. The zero-order valence-corrected chi connectivity index (χ0v) is 14.0. The van der Waals surface area contributed by atoms with Crippen molar-refractivity contribution in [2.75, 3.05) is 40.4 Å². The molecule has 0 bridgehead atoms. The van der Waals surface area contributed by atoms with Crippen molar-refractivity contribution in [1.29, 1.82) is 0 Å². The summed E-state index contributed by atoms with van der Waals surface area (Å²) >= 11 is 0. The van der Waals surface area contributed by atoms with E-state index in [-0.39, 0.29) is 12.2 Å². The minimum atomic E-state index is 0.182. The largest absolute Gasteiger partial charge is 0.465 e. The molecule has 2 fully saturated rings. The van der Waals surface area contributed by atoms with Gasteiger partial charge in [0.05, 0.1) is 19.3 Å². The monoisotopic (exact) mass is 308 g/mol. The van der Waals surface area contributed by atoms with Crippen LogP contribution in [-0.2, 0) is 16.0 Å². The predicted molar refractivity (Wildman–Crippen MR) is 84.9 cm³/mol. The zero-order chi connectivity index (χ0) is 15.5. The van der Waals surface area contributed by atoms with Crippen molar-refractivity contribution in [2.45, 2.75) is 44.6 Å². The molecule has 0 saturated carbocycles. The van der Waals surface area contributed by atoms with Crippen LogP contribution in [0.2, 0.25) is 0 Å². The molecule has 0 spiro atoms. The highest BCUT2D eigenvalue weighted by atomic mass is 16.5. The lowest BCUT2D eigenvalue weighted by Crippen LogP contribution is -2.42. The van der Waals surface area contributed by atoms with Crippen LogP contribution in [0, 0.1) is 6.92 Å². The first-order chi connectivity index (χ1) is 10.6. The van der Waals surface area contributed by atoms with Crippen molar-refractivity contribution in [3.63, 3.8) is 0 Å². The highest BCUT2D eigenvalue weighted by Crippen LogP contribution is 2.32. The number of aryl methyl sites for hydroxylation is 1. The van der Waals surface area contributed by atoms with Crippen molar-refractivity contribution in [3.05, 3.63) is 23.7 Å². The summed E-state index contributed by atoms with van der Waals surface area (Å²) < 4.78 is 17.9. The van der Waals surface area contributed by atoms with Crippen LogP contribution in [-0.4, -0.2) is 68.4 Å². The van der Waals surface area contributed by atoms with Gasteiger partial charge in [0.25, 0.3) is 0 Å². The van der Waals surface area contributed by atoms with Crippen LogP contribution in [0.4, 0.5) is 0 Å². The van der Waals surface area contributed by atoms with E-state index in [1.165, 1.54) is 6.42 Å². The van der Waals surface area contributed by atoms with Gasteiger partial charge in [0.2, 0.25) is 0 Å². The molecule has 0 aromatic carbocycles. The predicted octanol–water partition coefficient (Wildman–Crippen LogP) is 1.90. The van der Waals surface area contributed by atoms with E-state index >= 15 is 0 Å². The average Bonchev–Trinajstić information content (AvgIpc) is 3.04. The number of likely N-dealkylation sites (tertiary alicyclic amines) is 1. The molecule has 2 aliphatic heterocycles. The molecular weight excluding hydrogens is 280 g/mol. The maximum Gasteiger partial charge on any atom is 0.118 e. The summed E-state index contributed by atoms with van der Waals surface area (Å²) in [7, 11) is 4.15. The molecule has 1 aromatic heterocycles. The molecule has 124 valence electrons. The third-order valence-corrected chi connectivity index (χ3v) is 4.61. The van der Waals surface area contributed by atoms with Crippen LogP contribution in [0.25, 0.3) is 0 Å². The number of likely N-dealkylation sites (N-methyl/N-ethyl adjacent to an activating group) is 1. The number of ether oxygens (including phenoxy) is 2. The summed E-state index contributed by atoms with van der Waals surface area (Å²) in [5.74, 6) is 2.01. The summed E-state index contributed by atoms with van der Waals surface area (Å²) in [5, 5.41) is 0. The molecule has 0 unspecified atom stereocenters. The molecule has 3 atom stereocenters. The number of hydrogen-bond acceptors (Lipinski definition) is 5. The number of rotatable bonds is 6. The molecule has 1 aromatic rings. The smallest absolute Gasteiger partial charge is 0.118 e. The van der Waals surface area contributed by atoms with Gasteiger partial charge in [-0.3, -0.25) is 4.90 Å². The standard InChI is InChI=1S/C17H28N2O3/c1-13-6-7-14(22-13)11-19-12-16(20-10-8-18(2)3)17-15(19)5-4-9-21-17/h6-7,15-17H,4-5,8-12H2,1-3H3/t15-,16+,17+/m0/s1. The summed E-state index contributed by atoms with van der Waals surface area (Å²) in [4.78, 5) is 4.62. The molecule has 0 radical (unpaired) electrons. The van der Waals surface area contributed by atoms with Crippen LogP contribution in [0.1, 0.15) is 24.4 Å². The van der Waals surface area contributed by atoms with Gasteiger partial charge >= 0.3 is 0 Å². The Morgan fingerprint density at radius 1 is 1.36 bits per heavy atom. The molecule has 5 heteroatoms. The van der Waals surface area contributed by atoms with Gasteiger partial charge in [0, 0.05) is 25.7 Å². The molecule has 3 rings (SSSR count). The Hall–Kier alpha value is -0.880.